The Morgan fingerprint density at radius 2 is 1.75 bits per heavy atom. The molecule has 2 aromatic rings. The fraction of sp³-hybridized carbons (Fsp3) is 0.519. The molecule has 3 amide bonds. The Balaban J connectivity index is 1.41. The summed E-state index contributed by atoms with van der Waals surface area (Å²) in [6, 6.07) is 11.8. The molecule has 0 aliphatic carbocycles. The number of carboxylic acid groups (broad SMARTS) is 1. The molecule has 1 atom stereocenters. The highest BCUT2D eigenvalue weighted by Gasteiger charge is 2.34. The van der Waals surface area contributed by atoms with Crippen LogP contribution in [0.1, 0.15) is 49.9 Å². The first kappa shape index (κ1) is 26.2. The number of hydrogen-bond acceptors (Lipinski definition) is 5. The molecule has 0 saturated carbocycles. The number of hydrogen-bond donors (Lipinski definition) is 2. The number of rotatable bonds is 7. The number of carbonyl (C=O) groups excluding carboxylic acids is 2. The highest BCUT2D eigenvalue weighted by atomic mass is 32.1. The van der Waals surface area contributed by atoms with Crippen LogP contribution in [-0.2, 0) is 4.79 Å². The highest BCUT2D eigenvalue weighted by molar-refractivity contribution is 7.20. The number of piperidine rings is 2. The average molecular weight is 513 g/mol. The van der Waals surface area contributed by atoms with Gasteiger partial charge in [-0.25, -0.2) is 4.79 Å². The van der Waals surface area contributed by atoms with Gasteiger partial charge in [0.25, 0.3) is 5.91 Å². The van der Waals surface area contributed by atoms with Gasteiger partial charge < -0.3 is 14.9 Å². The first-order valence-electron chi connectivity index (χ1n) is 12.9. The third-order valence-electron chi connectivity index (χ3n) is 7.39. The minimum absolute atomic E-state index is 0.0603. The molecule has 36 heavy (non-hydrogen) atoms. The van der Waals surface area contributed by atoms with E-state index in [1.807, 2.05) is 54.0 Å². The van der Waals surface area contributed by atoms with Gasteiger partial charge in [0.15, 0.2) is 0 Å². The van der Waals surface area contributed by atoms with E-state index in [9.17, 15) is 19.5 Å². The number of thiophene rings is 1. The maximum atomic E-state index is 13.4. The van der Waals surface area contributed by atoms with Gasteiger partial charge in [-0.2, -0.15) is 0 Å². The van der Waals surface area contributed by atoms with Gasteiger partial charge in [-0.15, -0.1) is 11.3 Å². The molecule has 2 saturated heterocycles. The zero-order valence-electron chi connectivity index (χ0n) is 21.1. The number of anilines is 1. The van der Waals surface area contributed by atoms with Gasteiger partial charge in [-0.3, -0.25) is 19.8 Å². The first-order chi connectivity index (χ1) is 17.4. The molecular weight excluding hydrogens is 476 g/mol. The van der Waals surface area contributed by atoms with Crippen molar-refractivity contribution in [3.8, 4) is 10.4 Å². The number of nitrogens with zero attached hydrogens (tertiary/aromatic N) is 3. The van der Waals surface area contributed by atoms with Crippen molar-refractivity contribution in [1.82, 2.24) is 14.7 Å². The van der Waals surface area contributed by atoms with E-state index in [0.717, 1.165) is 62.3 Å². The van der Waals surface area contributed by atoms with Gasteiger partial charge >= 0.3 is 6.09 Å². The van der Waals surface area contributed by atoms with Crippen LogP contribution in [0.2, 0.25) is 0 Å². The number of likely N-dealkylation sites (tertiary alicyclic amines) is 2. The molecule has 8 nitrogen and oxygen atoms in total. The largest absolute Gasteiger partial charge is 0.465 e. The summed E-state index contributed by atoms with van der Waals surface area (Å²) in [7, 11) is 0. The van der Waals surface area contributed by atoms with Crippen molar-refractivity contribution < 1.29 is 19.5 Å². The van der Waals surface area contributed by atoms with E-state index in [1.165, 1.54) is 11.3 Å². The predicted molar refractivity (Wildman–Crippen MR) is 143 cm³/mol. The second-order valence-corrected chi connectivity index (χ2v) is 10.6. The minimum atomic E-state index is -1.18. The van der Waals surface area contributed by atoms with Crippen LogP contribution in [0.5, 0.6) is 0 Å². The summed E-state index contributed by atoms with van der Waals surface area (Å²) in [6.45, 7) is 8.60. The number of amides is 3. The Hall–Kier alpha value is -2.91. The van der Waals surface area contributed by atoms with E-state index in [1.54, 1.807) is 6.07 Å². The van der Waals surface area contributed by atoms with Gasteiger partial charge in [-0.1, -0.05) is 30.3 Å². The lowest BCUT2D eigenvalue weighted by Gasteiger charge is -2.42. The molecule has 0 spiro atoms. The lowest BCUT2D eigenvalue weighted by molar-refractivity contribution is -0.137. The van der Waals surface area contributed by atoms with E-state index in [0.29, 0.717) is 29.7 Å². The van der Waals surface area contributed by atoms with E-state index in [-0.39, 0.29) is 17.7 Å². The third kappa shape index (κ3) is 5.90. The molecule has 194 valence electrons. The molecule has 1 aromatic carbocycles. The van der Waals surface area contributed by atoms with Crippen molar-refractivity contribution in [3.63, 3.8) is 0 Å². The Morgan fingerprint density at radius 1 is 1.06 bits per heavy atom. The van der Waals surface area contributed by atoms with Crippen molar-refractivity contribution in [2.75, 3.05) is 44.6 Å². The molecule has 9 heteroatoms. The molecule has 4 rings (SSSR count). The zero-order valence-corrected chi connectivity index (χ0v) is 21.9. The molecule has 2 aliphatic heterocycles. The smallest absolute Gasteiger partial charge is 0.409 e. The van der Waals surface area contributed by atoms with Gasteiger partial charge in [0.05, 0.1) is 11.5 Å². The van der Waals surface area contributed by atoms with Crippen molar-refractivity contribution in [2.45, 2.75) is 45.6 Å². The van der Waals surface area contributed by atoms with Crippen LogP contribution in [0.25, 0.3) is 10.4 Å². The minimum Gasteiger partial charge on any atom is -0.465 e. The Kier molecular flexibility index (Phi) is 8.64. The van der Waals surface area contributed by atoms with Gasteiger partial charge in [-0.05, 0) is 57.7 Å². The second kappa shape index (κ2) is 11.9. The molecule has 2 N–H and O–H groups in total. The van der Waals surface area contributed by atoms with Crippen LogP contribution in [0.15, 0.2) is 36.4 Å². The van der Waals surface area contributed by atoms with E-state index < -0.39 is 6.09 Å². The van der Waals surface area contributed by atoms with Crippen LogP contribution in [0.4, 0.5) is 9.80 Å². The van der Waals surface area contributed by atoms with Gasteiger partial charge in [0.1, 0.15) is 5.00 Å². The monoisotopic (exact) mass is 512 g/mol. The maximum Gasteiger partial charge on any atom is 0.409 e. The summed E-state index contributed by atoms with van der Waals surface area (Å²) in [6.07, 6.45) is 2.51. The summed E-state index contributed by atoms with van der Waals surface area (Å²) in [5, 5.41) is 12.1. The standard InChI is InChI=1S/C27H36N4O4S/c1-3-29(4-2)25(32)20-11-8-14-31(18-20)21-12-15-30(16-13-21)26(33)22-17-23(19-9-6-5-7-10-19)36-24(22)28-27(34)35/h5-7,9-10,17,20-21,28H,3-4,8,11-16,18H2,1-2H3,(H,34,35). The summed E-state index contributed by atoms with van der Waals surface area (Å²) >= 11 is 1.28. The number of carbonyl (C=O) groups is 3. The summed E-state index contributed by atoms with van der Waals surface area (Å²) in [5.74, 6) is 0.191. The van der Waals surface area contributed by atoms with Crippen molar-refractivity contribution in [2.24, 2.45) is 5.92 Å². The van der Waals surface area contributed by atoms with Crippen LogP contribution >= 0.6 is 11.3 Å². The lowest BCUT2D eigenvalue weighted by Crippen LogP contribution is -2.52. The number of benzene rings is 1. The van der Waals surface area contributed by atoms with Crippen LogP contribution in [-0.4, -0.2) is 83.0 Å². The number of nitrogens with one attached hydrogen (secondary N) is 1. The average Bonchev–Trinajstić information content (AvgIpc) is 3.32. The summed E-state index contributed by atoms with van der Waals surface area (Å²) < 4.78 is 0. The van der Waals surface area contributed by atoms with Crippen molar-refractivity contribution in [3.05, 3.63) is 42.0 Å². The van der Waals surface area contributed by atoms with E-state index in [2.05, 4.69) is 10.2 Å². The fourth-order valence-corrected chi connectivity index (χ4v) is 6.47. The van der Waals surface area contributed by atoms with Crippen molar-refractivity contribution >= 4 is 34.2 Å². The maximum absolute atomic E-state index is 13.4. The third-order valence-corrected chi connectivity index (χ3v) is 8.49. The Labute approximate surface area is 216 Å². The Morgan fingerprint density at radius 3 is 2.39 bits per heavy atom. The highest BCUT2D eigenvalue weighted by Crippen LogP contribution is 2.37. The van der Waals surface area contributed by atoms with Gasteiger partial charge in [0.2, 0.25) is 5.91 Å². The molecule has 0 bridgehead atoms. The molecule has 1 aromatic heterocycles. The van der Waals surface area contributed by atoms with E-state index >= 15 is 0 Å². The molecule has 1 unspecified atom stereocenters. The fourth-order valence-electron chi connectivity index (χ4n) is 5.42. The van der Waals surface area contributed by atoms with Crippen LogP contribution < -0.4 is 5.32 Å². The molecule has 2 fully saturated rings. The van der Waals surface area contributed by atoms with Crippen LogP contribution in [0, 0.1) is 5.92 Å². The quantitative estimate of drug-likeness (QED) is 0.561. The molecule has 3 heterocycles. The second-order valence-electron chi connectivity index (χ2n) is 9.52. The van der Waals surface area contributed by atoms with E-state index in [4.69, 9.17) is 0 Å². The zero-order chi connectivity index (χ0) is 25.7. The summed E-state index contributed by atoms with van der Waals surface area (Å²) in [5.41, 5.74) is 1.36. The van der Waals surface area contributed by atoms with Gasteiger partial charge in [0, 0.05) is 43.6 Å². The topological polar surface area (TPSA) is 93.2 Å². The predicted octanol–water partition coefficient (Wildman–Crippen LogP) is 4.69. The Bertz CT molecular complexity index is 1060. The normalized spacial score (nSPS) is 19.2. The molecular formula is C27H36N4O4S. The molecule has 2 aliphatic rings. The van der Waals surface area contributed by atoms with Crippen LogP contribution in [0.3, 0.4) is 0 Å². The molecule has 0 radical (unpaired) electrons. The first-order valence-corrected chi connectivity index (χ1v) is 13.7. The summed E-state index contributed by atoms with van der Waals surface area (Å²) in [4.78, 5) is 44.8. The lowest BCUT2D eigenvalue weighted by atomic mass is 9.92. The SMILES string of the molecule is CCN(CC)C(=O)C1CCCN(C2CCN(C(=O)c3cc(-c4ccccc4)sc3NC(=O)O)CC2)C1. The van der Waals surface area contributed by atoms with Crippen molar-refractivity contribution in [1.29, 1.82) is 0 Å².